The zero-order valence-corrected chi connectivity index (χ0v) is 12.8. The third kappa shape index (κ3) is 3.28. The largest absolute Gasteiger partial charge is 0.368 e. The normalized spacial score (nSPS) is 18.7. The van der Waals surface area contributed by atoms with Crippen LogP contribution in [0.5, 0.6) is 0 Å². The van der Waals surface area contributed by atoms with Gasteiger partial charge in [0, 0.05) is 12.2 Å². The van der Waals surface area contributed by atoms with Crippen LogP contribution in [0, 0.1) is 13.8 Å². The number of amides is 1. The first-order valence-corrected chi connectivity index (χ1v) is 7.34. The van der Waals surface area contributed by atoms with Gasteiger partial charge in [-0.25, -0.2) is 0 Å². The molecule has 1 aliphatic rings. The van der Waals surface area contributed by atoms with Crippen molar-refractivity contribution in [2.24, 2.45) is 5.73 Å². The highest BCUT2D eigenvalue weighted by atomic mass is 32.1. The van der Waals surface area contributed by atoms with E-state index in [0.717, 1.165) is 31.5 Å². The second-order valence-electron chi connectivity index (χ2n) is 5.34. The zero-order chi connectivity index (χ0) is 14.7. The Morgan fingerprint density at radius 2 is 2.10 bits per heavy atom. The Morgan fingerprint density at radius 1 is 1.35 bits per heavy atom. The molecular formula is C15H21N3OS. The van der Waals surface area contributed by atoms with Crippen LogP contribution in [0.25, 0.3) is 0 Å². The number of rotatable bonds is 2. The number of carbonyl (C=O) groups excluding carboxylic acids is 1. The Balaban J connectivity index is 2.09. The second kappa shape index (κ2) is 6.22. The summed E-state index contributed by atoms with van der Waals surface area (Å²) in [6.45, 7) is 4.92. The quantitative estimate of drug-likeness (QED) is 0.821. The molecule has 0 bridgehead atoms. The molecule has 1 aliphatic heterocycles. The SMILES string of the molecule is Cc1ccc(NC(=S)N2CCCC[C@H]2C(N)=O)cc1C. The van der Waals surface area contributed by atoms with Gasteiger partial charge in [-0.05, 0) is 68.6 Å². The lowest BCUT2D eigenvalue weighted by atomic mass is 10.0. The topological polar surface area (TPSA) is 58.4 Å². The van der Waals surface area contributed by atoms with Crippen molar-refractivity contribution in [3.8, 4) is 0 Å². The van der Waals surface area contributed by atoms with Gasteiger partial charge in [0.1, 0.15) is 6.04 Å². The number of nitrogens with one attached hydrogen (secondary N) is 1. The summed E-state index contributed by atoms with van der Waals surface area (Å²) in [7, 11) is 0. The van der Waals surface area contributed by atoms with Gasteiger partial charge in [0.15, 0.2) is 5.11 Å². The van der Waals surface area contributed by atoms with Crippen LogP contribution < -0.4 is 11.1 Å². The zero-order valence-electron chi connectivity index (χ0n) is 12.0. The van der Waals surface area contributed by atoms with E-state index in [9.17, 15) is 4.79 Å². The molecule has 1 heterocycles. The van der Waals surface area contributed by atoms with Gasteiger partial charge in [0.2, 0.25) is 5.91 Å². The van der Waals surface area contributed by atoms with Crippen LogP contribution in [0.3, 0.4) is 0 Å². The van der Waals surface area contributed by atoms with Gasteiger partial charge in [-0.2, -0.15) is 0 Å². The first kappa shape index (κ1) is 14.8. The van der Waals surface area contributed by atoms with Crippen molar-refractivity contribution < 1.29 is 4.79 Å². The van der Waals surface area contributed by atoms with E-state index in [4.69, 9.17) is 18.0 Å². The summed E-state index contributed by atoms with van der Waals surface area (Å²) in [5.74, 6) is -0.297. The van der Waals surface area contributed by atoms with E-state index in [1.807, 2.05) is 11.0 Å². The number of primary amides is 1. The van der Waals surface area contributed by atoms with E-state index >= 15 is 0 Å². The van der Waals surface area contributed by atoms with Crippen LogP contribution in [0.4, 0.5) is 5.69 Å². The number of benzene rings is 1. The lowest BCUT2D eigenvalue weighted by Crippen LogP contribution is -2.51. The highest BCUT2D eigenvalue weighted by molar-refractivity contribution is 7.80. The summed E-state index contributed by atoms with van der Waals surface area (Å²) in [6, 6.07) is 5.83. The molecule has 1 saturated heterocycles. The number of nitrogens with zero attached hydrogens (tertiary/aromatic N) is 1. The van der Waals surface area contributed by atoms with Crippen molar-refractivity contribution in [1.82, 2.24) is 4.90 Å². The van der Waals surface area contributed by atoms with E-state index in [0.29, 0.717) is 5.11 Å². The number of aryl methyl sites for hydroxylation is 2. The Labute approximate surface area is 125 Å². The Kier molecular flexibility index (Phi) is 4.60. The highest BCUT2D eigenvalue weighted by Crippen LogP contribution is 2.20. The van der Waals surface area contributed by atoms with Crippen molar-refractivity contribution in [3.63, 3.8) is 0 Å². The molecule has 0 aromatic heterocycles. The number of carbonyl (C=O) groups is 1. The molecule has 0 aliphatic carbocycles. The van der Waals surface area contributed by atoms with E-state index in [2.05, 4.69) is 31.3 Å². The van der Waals surface area contributed by atoms with Crippen molar-refractivity contribution in [2.75, 3.05) is 11.9 Å². The summed E-state index contributed by atoms with van der Waals surface area (Å²) < 4.78 is 0. The molecule has 1 fully saturated rings. The molecule has 1 atom stereocenters. The number of piperidine rings is 1. The average molecular weight is 291 g/mol. The minimum absolute atomic E-state index is 0.282. The van der Waals surface area contributed by atoms with Crippen LogP contribution in [0.15, 0.2) is 18.2 Å². The lowest BCUT2D eigenvalue weighted by Gasteiger charge is -2.35. The fraction of sp³-hybridized carbons (Fsp3) is 0.467. The molecule has 0 radical (unpaired) electrons. The van der Waals surface area contributed by atoms with Gasteiger partial charge in [0.25, 0.3) is 0 Å². The van der Waals surface area contributed by atoms with E-state index < -0.39 is 0 Å². The summed E-state index contributed by atoms with van der Waals surface area (Å²) in [6.07, 6.45) is 2.85. The van der Waals surface area contributed by atoms with E-state index in [-0.39, 0.29) is 11.9 Å². The average Bonchev–Trinajstić information content (AvgIpc) is 2.43. The third-order valence-electron chi connectivity index (χ3n) is 3.85. The molecule has 0 unspecified atom stereocenters. The molecule has 3 N–H and O–H groups in total. The molecule has 20 heavy (non-hydrogen) atoms. The molecular weight excluding hydrogens is 270 g/mol. The minimum Gasteiger partial charge on any atom is -0.368 e. The smallest absolute Gasteiger partial charge is 0.240 e. The number of thiocarbonyl (C=S) groups is 1. The van der Waals surface area contributed by atoms with Crippen LogP contribution >= 0.6 is 12.2 Å². The summed E-state index contributed by atoms with van der Waals surface area (Å²) in [4.78, 5) is 13.4. The molecule has 0 spiro atoms. The third-order valence-corrected chi connectivity index (χ3v) is 4.19. The molecule has 2 rings (SSSR count). The van der Waals surface area contributed by atoms with E-state index in [1.165, 1.54) is 11.1 Å². The maximum atomic E-state index is 11.5. The molecule has 1 aromatic carbocycles. The maximum absolute atomic E-state index is 11.5. The fourth-order valence-electron chi connectivity index (χ4n) is 2.48. The molecule has 1 aromatic rings. The van der Waals surface area contributed by atoms with Gasteiger partial charge in [-0.3, -0.25) is 4.79 Å². The van der Waals surface area contributed by atoms with Crippen molar-refractivity contribution in [3.05, 3.63) is 29.3 Å². The van der Waals surface area contributed by atoms with Crippen LogP contribution in [0.2, 0.25) is 0 Å². The predicted octanol–water partition coefficient (Wildman–Crippen LogP) is 2.34. The molecule has 4 nitrogen and oxygen atoms in total. The first-order valence-electron chi connectivity index (χ1n) is 6.93. The monoisotopic (exact) mass is 291 g/mol. The Bertz CT molecular complexity index is 530. The fourth-order valence-corrected chi connectivity index (χ4v) is 2.82. The Hall–Kier alpha value is -1.62. The van der Waals surface area contributed by atoms with Crippen molar-refractivity contribution >= 4 is 28.9 Å². The number of nitrogens with two attached hydrogens (primary N) is 1. The maximum Gasteiger partial charge on any atom is 0.240 e. The number of likely N-dealkylation sites (tertiary alicyclic amines) is 1. The summed E-state index contributed by atoms with van der Waals surface area (Å²) in [5, 5.41) is 3.79. The Morgan fingerprint density at radius 3 is 2.75 bits per heavy atom. The number of hydrogen-bond donors (Lipinski definition) is 2. The lowest BCUT2D eigenvalue weighted by molar-refractivity contribution is -0.122. The second-order valence-corrected chi connectivity index (χ2v) is 5.72. The number of anilines is 1. The van der Waals surface area contributed by atoms with Crippen molar-refractivity contribution in [2.45, 2.75) is 39.2 Å². The standard InChI is InChI=1S/C15H21N3OS/c1-10-6-7-12(9-11(10)2)17-15(20)18-8-4-3-5-13(18)14(16)19/h6-7,9,13H,3-5,8H2,1-2H3,(H2,16,19)(H,17,20)/t13-/m0/s1. The van der Waals surface area contributed by atoms with Crippen LogP contribution in [-0.4, -0.2) is 28.5 Å². The molecule has 5 heteroatoms. The minimum atomic E-state index is -0.297. The van der Waals surface area contributed by atoms with Crippen molar-refractivity contribution in [1.29, 1.82) is 0 Å². The highest BCUT2D eigenvalue weighted by Gasteiger charge is 2.28. The molecule has 1 amide bonds. The van der Waals surface area contributed by atoms with Crippen LogP contribution in [-0.2, 0) is 4.79 Å². The first-order chi connectivity index (χ1) is 9.49. The van der Waals surface area contributed by atoms with Gasteiger partial charge >= 0.3 is 0 Å². The van der Waals surface area contributed by atoms with Crippen LogP contribution in [0.1, 0.15) is 30.4 Å². The van der Waals surface area contributed by atoms with E-state index in [1.54, 1.807) is 0 Å². The van der Waals surface area contributed by atoms with Gasteiger partial charge in [0.05, 0.1) is 0 Å². The summed E-state index contributed by atoms with van der Waals surface area (Å²) in [5.41, 5.74) is 8.87. The van der Waals surface area contributed by atoms with Gasteiger partial charge in [-0.15, -0.1) is 0 Å². The predicted molar refractivity (Wildman–Crippen MR) is 85.7 cm³/mol. The van der Waals surface area contributed by atoms with Gasteiger partial charge < -0.3 is 16.0 Å². The molecule has 108 valence electrons. The van der Waals surface area contributed by atoms with Gasteiger partial charge in [-0.1, -0.05) is 6.07 Å². The molecule has 0 saturated carbocycles. The number of hydrogen-bond acceptors (Lipinski definition) is 2. The summed E-state index contributed by atoms with van der Waals surface area (Å²) >= 11 is 5.44.